The number of fused-ring (bicyclic) bond motifs is 1. The van der Waals surface area contributed by atoms with Gasteiger partial charge in [-0.05, 0) is 51.8 Å². The minimum absolute atomic E-state index is 0.144. The van der Waals surface area contributed by atoms with E-state index < -0.39 is 0 Å². The van der Waals surface area contributed by atoms with Gasteiger partial charge in [0.25, 0.3) is 0 Å². The van der Waals surface area contributed by atoms with Crippen molar-refractivity contribution in [2.24, 2.45) is 0 Å². The van der Waals surface area contributed by atoms with E-state index in [0.29, 0.717) is 18.9 Å². The summed E-state index contributed by atoms with van der Waals surface area (Å²) in [5.41, 5.74) is 5.15. The van der Waals surface area contributed by atoms with Crippen molar-refractivity contribution in [1.82, 2.24) is 5.32 Å². The topological polar surface area (TPSA) is 69.9 Å². The Morgan fingerprint density at radius 1 is 1.15 bits per heavy atom. The summed E-state index contributed by atoms with van der Waals surface area (Å²) < 4.78 is 22.7. The number of allylic oxidation sites excluding steroid dienone is 1. The molecule has 2 aromatic carbocycles. The number of aryl methyl sites for hydroxylation is 1. The van der Waals surface area contributed by atoms with Crippen molar-refractivity contribution >= 4 is 22.4 Å². The van der Waals surface area contributed by atoms with Crippen LogP contribution in [0.25, 0.3) is 27.7 Å². The van der Waals surface area contributed by atoms with Crippen LogP contribution in [-0.2, 0) is 9.53 Å². The Hall–Kier alpha value is -3.25. The number of rotatable bonds is 10. The second-order valence-electron chi connectivity index (χ2n) is 8.20. The van der Waals surface area contributed by atoms with Crippen molar-refractivity contribution in [3.05, 3.63) is 53.8 Å². The molecule has 0 spiro atoms. The third-order valence-corrected chi connectivity index (χ3v) is 5.49. The van der Waals surface area contributed by atoms with Crippen LogP contribution in [0.2, 0.25) is 0 Å². The molecule has 0 fully saturated rings. The molecule has 0 unspecified atom stereocenters. The van der Waals surface area contributed by atoms with E-state index in [0.717, 1.165) is 51.0 Å². The molecule has 3 aromatic rings. The highest BCUT2D eigenvalue weighted by Gasteiger charge is 2.20. The smallest absolute Gasteiger partial charge is 0.244 e. The van der Waals surface area contributed by atoms with Crippen molar-refractivity contribution < 1.29 is 23.4 Å². The summed E-state index contributed by atoms with van der Waals surface area (Å²) >= 11 is 0. The Balaban J connectivity index is 1.93. The van der Waals surface area contributed by atoms with Gasteiger partial charge in [0, 0.05) is 46.9 Å². The highest BCUT2D eigenvalue weighted by atomic mass is 16.5. The molecule has 3 rings (SSSR count). The minimum Gasteiger partial charge on any atom is -0.496 e. The van der Waals surface area contributed by atoms with E-state index in [2.05, 4.69) is 5.32 Å². The number of carbonyl (C=O) groups excluding carboxylic acids is 1. The lowest BCUT2D eigenvalue weighted by molar-refractivity contribution is -0.116. The summed E-state index contributed by atoms with van der Waals surface area (Å²) in [7, 11) is 3.28. The lowest BCUT2D eigenvalue weighted by Gasteiger charge is -2.14. The predicted octanol–water partition coefficient (Wildman–Crippen LogP) is 5.76. The minimum atomic E-state index is -0.144. The molecule has 1 aromatic heterocycles. The van der Waals surface area contributed by atoms with Crippen LogP contribution in [0.15, 0.2) is 47.1 Å². The number of furan rings is 1. The Labute approximate surface area is 195 Å². The number of hydrogen-bond acceptors (Lipinski definition) is 5. The number of nitrogens with one attached hydrogen (secondary N) is 1. The van der Waals surface area contributed by atoms with Crippen LogP contribution < -0.4 is 14.8 Å². The fraction of sp³-hybridized carbons (Fsp3) is 0.370. The summed E-state index contributed by atoms with van der Waals surface area (Å²) in [6, 6.07) is 9.84. The average molecular weight is 452 g/mol. The molecular formula is C27H33NO5. The molecule has 1 amide bonds. The van der Waals surface area contributed by atoms with Crippen molar-refractivity contribution in [2.45, 2.75) is 40.2 Å². The van der Waals surface area contributed by atoms with Crippen molar-refractivity contribution in [1.29, 1.82) is 0 Å². The van der Waals surface area contributed by atoms with E-state index in [1.54, 1.807) is 26.6 Å². The third kappa shape index (κ3) is 5.57. The second kappa shape index (κ2) is 11.1. The summed E-state index contributed by atoms with van der Waals surface area (Å²) in [4.78, 5) is 12.5. The molecule has 0 atom stereocenters. The van der Waals surface area contributed by atoms with Crippen LogP contribution >= 0.6 is 0 Å². The average Bonchev–Trinajstić information content (AvgIpc) is 3.22. The maximum atomic E-state index is 12.5. The standard InChI is InChI=1S/C27H33NO5/c1-17(2)32-13-9-12-28-25(29)14-18(3)21-15-22-23(20-10-7-8-11-24(20)30-5)16-33-27(22)19(4)26(21)31-6/h7-8,10-11,14-17H,9,12-13H2,1-6H3,(H,28,29)/b18-14+. The summed E-state index contributed by atoms with van der Waals surface area (Å²) in [6.45, 7) is 9.04. The van der Waals surface area contributed by atoms with Gasteiger partial charge >= 0.3 is 0 Å². The molecule has 0 aliphatic carbocycles. The quantitative estimate of drug-likeness (QED) is 0.313. The highest BCUT2D eigenvalue weighted by Crippen LogP contribution is 2.42. The lowest BCUT2D eigenvalue weighted by Crippen LogP contribution is -2.23. The van der Waals surface area contributed by atoms with Gasteiger partial charge in [-0.1, -0.05) is 18.2 Å². The van der Waals surface area contributed by atoms with E-state index >= 15 is 0 Å². The Morgan fingerprint density at radius 3 is 2.61 bits per heavy atom. The number of ether oxygens (including phenoxy) is 3. The van der Waals surface area contributed by atoms with Gasteiger partial charge < -0.3 is 23.9 Å². The molecule has 0 radical (unpaired) electrons. The van der Waals surface area contributed by atoms with Crippen molar-refractivity contribution in [3.63, 3.8) is 0 Å². The van der Waals surface area contributed by atoms with Crippen LogP contribution in [-0.4, -0.2) is 39.4 Å². The summed E-state index contributed by atoms with van der Waals surface area (Å²) in [5.74, 6) is 1.31. The van der Waals surface area contributed by atoms with Gasteiger partial charge in [0.1, 0.15) is 17.1 Å². The fourth-order valence-electron chi connectivity index (χ4n) is 3.88. The van der Waals surface area contributed by atoms with Crippen molar-refractivity contribution in [3.8, 4) is 22.6 Å². The molecule has 33 heavy (non-hydrogen) atoms. The molecule has 6 heteroatoms. The lowest BCUT2D eigenvalue weighted by atomic mass is 9.96. The molecular weight excluding hydrogens is 418 g/mol. The maximum absolute atomic E-state index is 12.5. The molecule has 0 aliphatic heterocycles. The molecule has 0 aliphatic rings. The maximum Gasteiger partial charge on any atom is 0.244 e. The zero-order valence-electron chi connectivity index (χ0n) is 20.3. The van der Waals surface area contributed by atoms with Gasteiger partial charge in [-0.2, -0.15) is 0 Å². The third-order valence-electron chi connectivity index (χ3n) is 5.49. The molecule has 0 saturated heterocycles. The van der Waals surface area contributed by atoms with Gasteiger partial charge in [0.15, 0.2) is 0 Å². The van der Waals surface area contributed by atoms with E-state index in [4.69, 9.17) is 18.6 Å². The normalized spacial score (nSPS) is 11.8. The molecule has 0 saturated carbocycles. The molecule has 176 valence electrons. The number of hydrogen-bond donors (Lipinski definition) is 1. The van der Waals surface area contributed by atoms with Gasteiger partial charge in [-0.15, -0.1) is 0 Å². The highest BCUT2D eigenvalue weighted by molar-refractivity contribution is 6.02. The zero-order valence-corrected chi connectivity index (χ0v) is 20.3. The molecule has 0 bridgehead atoms. The number of benzene rings is 2. The molecule has 6 nitrogen and oxygen atoms in total. The fourth-order valence-corrected chi connectivity index (χ4v) is 3.88. The van der Waals surface area contributed by atoms with Crippen LogP contribution in [0, 0.1) is 6.92 Å². The van der Waals surface area contributed by atoms with Gasteiger partial charge in [0.2, 0.25) is 5.91 Å². The first kappa shape index (κ1) is 24.4. The first-order valence-electron chi connectivity index (χ1n) is 11.2. The van der Waals surface area contributed by atoms with Crippen LogP contribution in [0.4, 0.5) is 0 Å². The largest absolute Gasteiger partial charge is 0.496 e. The predicted molar refractivity (Wildman–Crippen MR) is 132 cm³/mol. The first-order chi connectivity index (χ1) is 15.9. The SMILES string of the molecule is COc1ccccc1-c1coc2c(C)c(OC)c(/C(C)=C/C(=O)NCCCOC(C)C)cc12. The van der Waals surface area contributed by atoms with Crippen molar-refractivity contribution in [2.75, 3.05) is 27.4 Å². The summed E-state index contributed by atoms with van der Waals surface area (Å²) in [6.07, 6.45) is 4.30. The van der Waals surface area contributed by atoms with Crippen LogP contribution in [0.5, 0.6) is 11.5 Å². The van der Waals surface area contributed by atoms with Gasteiger partial charge in [-0.25, -0.2) is 0 Å². The number of carbonyl (C=O) groups is 1. The van der Waals surface area contributed by atoms with E-state index in [9.17, 15) is 4.79 Å². The van der Waals surface area contributed by atoms with E-state index in [1.165, 1.54) is 0 Å². The first-order valence-corrected chi connectivity index (χ1v) is 11.2. The van der Waals surface area contributed by atoms with E-state index in [-0.39, 0.29) is 12.0 Å². The van der Waals surface area contributed by atoms with Gasteiger partial charge in [-0.3, -0.25) is 4.79 Å². The Kier molecular flexibility index (Phi) is 8.17. The van der Waals surface area contributed by atoms with Gasteiger partial charge in [0.05, 0.1) is 26.6 Å². The van der Waals surface area contributed by atoms with Crippen LogP contribution in [0.1, 0.15) is 38.3 Å². The van der Waals surface area contributed by atoms with Crippen LogP contribution in [0.3, 0.4) is 0 Å². The number of para-hydroxylation sites is 1. The Bertz CT molecular complexity index is 1140. The monoisotopic (exact) mass is 451 g/mol. The number of amides is 1. The molecule has 1 N–H and O–H groups in total. The summed E-state index contributed by atoms with van der Waals surface area (Å²) in [5, 5.41) is 3.86. The second-order valence-corrected chi connectivity index (χ2v) is 8.20. The number of methoxy groups -OCH3 is 2. The molecule has 1 heterocycles. The Morgan fingerprint density at radius 2 is 1.91 bits per heavy atom. The zero-order chi connectivity index (χ0) is 24.0. The van der Waals surface area contributed by atoms with E-state index in [1.807, 2.05) is 58.0 Å².